The van der Waals surface area contributed by atoms with Gasteiger partial charge < -0.3 is 20.3 Å². The summed E-state index contributed by atoms with van der Waals surface area (Å²) in [4.78, 5) is 4.67. The highest BCUT2D eigenvalue weighted by molar-refractivity contribution is 6.31. The van der Waals surface area contributed by atoms with Crippen molar-refractivity contribution in [2.75, 3.05) is 48.8 Å². The van der Waals surface area contributed by atoms with Gasteiger partial charge in [0.1, 0.15) is 5.75 Å². The molecule has 5 heteroatoms. The second-order valence-corrected chi connectivity index (χ2v) is 5.82. The summed E-state index contributed by atoms with van der Waals surface area (Å²) in [5.74, 6) is 0.891. The summed E-state index contributed by atoms with van der Waals surface area (Å²) in [5.41, 5.74) is 9.08. The van der Waals surface area contributed by atoms with Crippen molar-refractivity contribution >= 4 is 28.7 Å². The van der Waals surface area contributed by atoms with Crippen LogP contribution in [0.1, 0.15) is 0 Å². The van der Waals surface area contributed by atoms with Crippen molar-refractivity contribution in [3.05, 3.63) is 47.5 Å². The summed E-state index contributed by atoms with van der Waals surface area (Å²) in [6.07, 6.45) is 0. The first-order valence-corrected chi connectivity index (χ1v) is 7.74. The van der Waals surface area contributed by atoms with E-state index in [1.807, 2.05) is 30.3 Å². The zero-order valence-electron chi connectivity index (χ0n) is 12.6. The number of halogens is 1. The normalized spacial score (nSPS) is 15.0. The summed E-state index contributed by atoms with van der Waals surface area (Å²) in [5, 5.41) is 0.677. The third-order valence-corrected chi connectivity index (χ3v) is 4.26. The lowest BCUT2D eigenvalue weighted by molar-refractivity contribution is 0.414. The van der Waals surface area contributed by atoms with Crippen LogP contribution >= 0.6 is 11.6 Å². The molecular weight excluding hydrogens is 298 g/mol. The Morgan fingerprint density at radius 1 is 1.00 bits per heavy atom. The molecule has 2 N–H and O–H groups in total. The number of benzene rings is 2. The summed E-state index contributed by atoms with van der Waals surface area (Å²) in [6, 6.07) is 13.9. The molecule has 0 amide bonds. The molecule has 4 nitrogen and oxygen atoms in total. The Kier molecular flexibility index (Phi) is 4.29. The molecule has 0 bridgehead atoms. The van der Waals surface area contributed by atoms with Crippen molar-refractivity contribution in [1.82, 2.24) is 0 Å². The summed E-state index contributed by atoms with van der Waals surface area (Å²) in [6.45, 7) is 3.77. The lowest BCUT2D eigenvalue weighted by atomic mass is 10.2. The molecule has 0 unspecified atom stereocenters. The fourth-order valence-corrected chi connectivity index (χ4v) is 3.01. The fourth-order valence-electron chi connectivity index (χ4n) is 2.83. The van der Waals surface area contributed by atoms with E-state index < -0.39 is 0 Å². The average Bonchev–Trinajstić information content (AvgIpc) is 2.55. The average molecular weight is 318 g/mol. The number of hydrogen-bond donors (Lipinski definition) is 1. The first-order chi connectivity index (χ1) is 10.7. The van der Waals surface area contributed by atoms with Crippen LogP contribution in [0.2, 0.25) is 5.02 Å². The molecule has 0 spiro atoms. The first kappa shape index (κ1) is 14.9. The minimum atomic E-state index is 0.677. The summed E-state index contributed by atoms with van der Waals surface area (Å²) >= 11 is 5.97. The van der Waals surface area contributed by atoms with E-state index in [0.717, 1.165) is 43.3 Å². The number of nitrogen functional groups attached to an aromatic ring is 1. The number of rotatable bonds is 3. The van der Waals surface area contributed by atoms with E-state index in [9.17, 15) is 0 Å². The molecule has 2 aromatic rings. The summed E-state index contributed by atoms with van der Waals surface area (Å²) < 4.78 is 5.30. The van der Waals surface area contributed by atoms with Crippen LogP contribution in [0.5, 0.6) is 5.75 Å². The van der Waals surface area contributed by atoms with Gasteiger partial charge >= 0.3 is 0 Å². The number of anilines is 3. The highest BCUT2D eigenvalue weighted by Crippen LogP contribution is 2.29. The number of ether oxygens (including phenoxy) is 1. The molecule has 2 aromatic carbocycles. The standard InChI is InChI=1S/C17H20ClN3O/c1-22-15-4-2-3-14(12-15)20-7-9-21(10-8-20)17-6-5-13(18)11-16(17)19/h2-6,11-12H,7-10,19H2,1H3. The van der Waals surface area contributed by atoms with Crippen molar-refractivity contribution in [2.24, 2.45) is 0 Å². The van der Waals surface area contributed by atoms with Crippen LogP contribution < -0.4 is 20.3 Å². The Balaban J connectivity index is 1.69. The molecule has 0 aliphatic carbocycles. The molecule has 22 heavy (non-hydrogen) atoms. The largest absolute Gasteiger partial charge is 0.497 e. The Labute approximate surface area is 136 Å². The van der Waals surface area contributed by atoms with Crippen LogP contribution in [0.15, 0.2) is 42.5 Å². The molecule has 1 heterocycles. The number of nitrogens with two attached hydrogens (primary N) is 1. The minimum absolute atomic E-state index is 0.677. The van der Waals surface area contributed by atoms with Gasteiger partial charge in [0, 0.05) is 43.0 Å². The van der Waals surface area contributed by atoms with Crippen LogP contribution in [0.3, 0.4) is 0 Å². The van der Waals surface area contributed by atoms with Gasteiger partial charge in [0.05, 0.1) is 18.5 Å². The van der Waals surface area contributed by atoms with E-state index in [1.165, 1.54) is 5.69 Å². The summed E-state index contributed by atoms with van der Waals surface area (Å²) in [7, 11) is 1.69. The van der Waals surface area contributed by atoms with Gasteiger partial charge in [-0.25, -0.2) is 0 Å². The Morgan fingerprint density at radius 3 is 2.41 bits per heavy atom. The van der Waals surface area contributed by atoms with Crippen molar-refractivity contribution in [2.45, 2.75) is 0 Å². The maximum absolute atomic E-state index is 6.08. The number of methoxy groups -OCH3 is 1. The zero-order chi connectivity index (χ0) is 15.5. The third kappa shape index (κ3) is 3.07. The molecule has 3 rings (SSSR count). The van der Waals surface area contributed by atoms with E-state index >= 15 is 0 Å². The highest BCUT2D eigenvalue weighted by Gasteiger charge is 2.19. The molecule has 1 fully saturated rings. The van der Waals surface area contributed by atoms with Crippen LogP contribution in [-0.4, -0.2) is 33.3 Å². The molecule has 1 aliphatic heterocycles. The molecule has 0 saturated carbocycles. The van der Waals surface area contributed by atoms with Crippen LogP contribution in [0.4, 0.5) is 17.1 Å². The highest BCUT2D eigenvalue weighted by atomic mass is 35.5. The lowest BCUT2D eigenvalue weighted by Gasteiger charge is -2.38. The maximum atomic E-state index is 6.08. The van der Waals surface area contributed by atoms with Crippen molar-refractivity contribution in [1.29, 1.82) is 0 Å². The van der Waals surface area contributed by atoms with Gasteiger partial charge in [-0.3, -0.25) is 0 Å². The second-order valence-electron chi connectivity index (χ2n) is 5.38. The Morgan fingerprint density at radius 2 is 1.73 bits per heavy atom. The van der Waals surface area contributed by atoms with Gasteiger partial charge in [0.15, 0.2) is 0 Å². The van der Waals surface area contributed by atoms with Gasteiger partial charge in [-0.15, -0.1) is 0 Å². The number of hydrogen-bond acceptors (Lipinski definition) is 4. The molecule has 0 radical (unpaired) electrons. The van der Waals surface area contributed by atoms with Crippen LogP contribution in [0.25, 0.3) is 0 Å². The second kappa shape index (κ2) is 6.36. The Hall–Kier alpha value is -2.07. The first-order valence-electron chi connectivity index (χ1n) is 7.36. The molecular formula is C17H20ClN3O. The molecule has 1 saturated heterocycles. The number of nitrogens with zero attached hydrogens (tertiary/aromatic N) is 2. The molecule has 0 atom stereocenters. The molecule has 1 aliphatic rings. The predicted octanol–water partition coefficient (Wildman–Crippen LogP) is 3.26. The smallest absolute Gasteiger partial charge is 0.120 e. The molecule has 0 aromatic heterocycles. The van der Waals surface area contributed by atoms with E-state index in [2.05, 4.69) is 21.9 Å². The predicted molar refractivity (Wildman–Crippen MR) is 93.3 cm³/mol. The van der Waals surface area contributed by atoms with Crippen LogP contribution in [0, 0.1) is 0 Å². The lowest BCUT2D eigenvalue weighted by Crippen LogP contribution is -2.46. The van der Waals surface area contributed by atoms with Crippen LogP contribution in [-0.2, 0) is 0 Å². The van der Waals surface area contributed by atoms with Gasteiger partial charge in [0.25, 0.3) is 0 Å². The van der Waals surface area contributed by atoms with Crippen molar-refractivity contribution in [3.63, 3.8) is 0 Å². The van der Waals surface area contributed by atoms with E-state index in [-0.39, 0.29) is 0 Å². The fraction of sp³-hybridized carbons (Fsp3) is 0.294. The number of piperazine rings is 1. The monoisotopic (exact) mass is 317 g/mol. The van der Waals surface area contributed by atoms with Gasteiger partial charge in [-0.05, 0) is 30.3 Å². The topological polar surface area (TPSA) is 41.7 Å². The van der Waals surface area contributed by atoms with Gasteiger partial charge in [-0.2, -0.15) is 0 Å². The van der Waals surface area contributed by atoms with Crippen molar-refractivity contribution in [3.8, 4) is 5.75 Å². The molecule has 116 valence electrons. The minimum Gasteiger partial charge on any atom is -0.497 e. The SMILES string of the molecule is COc1cccc(N2CCN(c3ccc(Cl)cc3N)CC2)c1. The van der Waals surface area contributed by atoms with Gasteiger partial charge in [0.2, 0.25) is 0 Å². The van der Waals surface area contributed by atoms with E-state index in [4.69, 9.17) is 22.1 Å². The zero-order valence-corrected chi connectivity index (χ0v) is 13.4. The Bertz CT molecular complexity index is 654. The van der Waals surface area contributed by atoms with Gasteiger partial charge in [-0.1, -0.05) is 17.7 Å². The van der Waals surface area contributed by atoms with E-state index in [1.54, 1.807) is 7.11 Å². The maximum Gasteiger partial charge on any atom is 0.120 e. The third-order valence-electron chi connectivity index (χ3n) is 4.03. The van der Waals surface area contributed by atoms with E-state index in [0.29, 0.717) is 5.02 Å². The quantitative estimate of drug-likeness (QED) is 0.882. The van der Waals surface area contributed by atoms with Crippen molar-refractivity contribution < 1.29 is 4.74 Å².